The van der Waals surface area contributed by atoms with E-state index in [1.54, 1.807) is 23.1 Å². The maximum atomic E-state index is 12.1. The summed E-state index contributed by atoms with van der Waals surface area (Å²) in [6, 6.07) is 4.99. The third-order valence-electron chi connectivity index (χ3n) is 2.99. The number of carbonyl (C=O) groups is 2. The molecule has 0 spiro atoms. The quantitative estimate of drug-likeness (QED) is 0.763. The highest BCUT2D eigenvalue weighted by molar-refractivity contribution is 6.31. The van der Waals surface area contributed by atoms with Crippen molar-refractivity contribution in [2.75, 3.05) is 38.6 Å². The van der Waals surface area contributed by atoms with Crippen LogP contribution < -0.4 is 15.4 Å². The van der Waals surface area contributed by atoms with Crippen molar-refractivity contribution in [3.8, 4) is 5.75 Å². The number of benzene rings is 1. The molecule has 0 bridgehead atoms. The molecule has 0 saturated carbocycles. The van der Waals surface area contributed by atoms with Crippen LogP contribution in [0.3, 0.4) is 0 Å². The standard InChI is InChI=1S/C15H22ClN3O3/c1-4-17-14(20)9-19(5-2)10-15(21)18-12-8-11(16)6-7-13(12)22-3/h6-8H,4-5,9-10H2,1-3H3,(H,17,20)(H,18,21). The molecule has 1 aromatic carbocycles. The van der Waals surface area contributed by atoms with E-state index >= 15 is 0 Å². The molecule has 122 valence electrons. The molecule has 0 aromatic heterocycles. The van der Waals surface area contributed by atoms with Gasteiger partial charge < -0.3 is 15.4 Å². The average molecular weight is 328 g/mol. The normalized spacial score (nSPS) is 10.4. The van der Waals surface area contributed by atoms with E-state index in [0.29, 0.717) is 29.5 Å². The van der Waals surface area contributed by atoms with Gasteiger partial charge in [-0.1, -0.05) is 18.5 Å². The van der Waals surface area contributed by atoms with Gasteiger partial charge in [0, 0.05) is 11.6 Å². The summed E-state index contributed by atoms with van der Waals surface area (Å²) in [6.07, 6.45) is 0. The molecular weight excluding hydrogens is 306 g/mol. The second-order valence-electron chi connectivity index (χ2n) is 4.65. The number of methoxy groups -OCH3 is 1. The van der Waals surface area contributed by atoms with Crippen molar-refractivity contribution in [3.05, 3.63) is 23.2 Å². The lowest BCUT2D eigenvalue weighted by molar-refractivity contribution is -0.123. The molecule has 0 fully saturated rings. The van der Waals surface area contributed by atoms with Crippen LogP contribution in [0.15, 0.2) is 18.2 Å². The molecule has 0 heterocycles. The summed E-state index contributed by atoms with van der Waals surface area (Å²) in [7, 11) is 1.52. The molecular formula is C15H22ClN3O3. The van der Waals surface area contributed by atoms with Crippen LogP contribution in [0.2, 0.25) is 5.02 Å². The SMILES string of the molecule is CCNC(=O)CN(CC)CC(=O)Nc1cc(Cl)ccc1OC. The first-order valence-electron chi connectivity index (χ1n) is 7.12. The maximum absolute atomic E-state index is 12.1. The predicted molar refractivity (Wildman–Crippen MR) is 87.4 cm³/mol. The summed E-state index contributed by atoms with van der Waals surface area (Å²) < 4.78 is 5.18. The van der Waals surface area contributed by atoms with E-state index in [1.165, 1.54) is 7.11 Å². The van der Waals surface area contributed by atoms with Gasteiger partial charge in [0.15, 0.2) is 0 Å². The molecule has 1 rings (SSSR count). The molecule has 0 radical (unpaired) electrons. The van der Waals surface area contributed by atoms with E-state index in [2.05, 4.69) is 10.6 Å². The highest BCUT2D eigenvalue weighted by Crippen LogP contribution is 2.27. The molecule has 1 aromatic rings. The summed E-state index contributed by atoms with van der Waals surface area (Å²) in [5, 5.41) is 5.97. The van der Waals surface area contributed by atoms with E-state index in [0.717, 1.165) is 0 Å². The monoisotopic (exact) mass is 327 g/mol. The van der Waals surface area contributed by atoms with E-state index in [4.69, 9.17) is 16.3 Å². The zero-order chi connectivity index (χ0) is 16.5. The Hall–Kier alpha value is -1.79. The molecule has 2 N–H and O–H groups in total. The number of hydrogen-bond donors (Lipinski definition) is 2. The Morgan fingerprint density at radius 3 is 2.50 bits per heavy atom. The van der Waals surface area contributed by atoms with Crippen molar-refractivity contribution < 1.29 is 14.3 Å². The number of carbonyl (C=O) groups excluding carboxylic acids is 2. The van der Waals surface area contributed by atoms with Gasteiger partial charge in [0.1, 0.15) is 5.75 Å². The summed E-state index contributed by atoms with van der Waals surface area (Å²) in [5.41, 5.74) is 0.508. The topological polar surface area (TPSA) is 70.7 Å². The summed E-state index contributed by atoms with van der Waals surface area (Å²) >= 11 is 5.92. The average Bonchev–Trinajstić information content (AvgIpc) is 2.47. The van der Waals surface area contributed by atoms with E-state index in [-0.39, 0.29) is 24.9 Å². The number of likely N-dealkylation sites (N-methyl/N-ethyl adjacent to an activating group) is 2. The molecule has 22 heavy (non-hydrogen) atoms. The van der Waals surface area contributed by atoms with Gasteiger partial charge >= 0.3 is 0 Å². The van der Waals surface area contributed by atoms with Gasteiger partial charge in [-0.15, -0.1) is 0 Å². The predicted octanol–water partition coefficient (Wildman–Crippen LogP) is 1.75. The molecule has 6 nitrogen and oxygen atoms in total. The van der Waals surface area contributed by atoms with Crippen molar-refractivity contribution >= 4 is 29.1 Å². The van der Waals surface area contributed by atoms with Gasteiger partial charge in [-0.25, -0.2) is 0 Å². The van der Waals surface area contributed by atoms with Gasteiger partial charge in [-0.3, -0.25) is 14.5 Å². The third kappa shape index (κ3) is 5.91. The van der Waals surface area contributed by atoms with E-state index < -0.39 is 0 Å². The molecule has 7 heteroatoms. The van der Waals surface area contributed by atoms with Gasteiger partial charge in [0.05, 0.1) is 25.9 Å². The molecule has 0 aliphatic carbocycles. The van der Waals surface area contributed by atoms with E-state index in [9.17, 15) is 9.59 Å². The van der Waals surface area contributed by atoms with Crippen LogP contribution >= 0.6 is 11.6 Å². The first-order valence-corrected chi connectivity index (χ1v) is 7.50. The Labute approximate surface area is 135 Å². The number of halogens is 1. The molecule has 0 unspecified atom stereocenters. The Bertz CT molecular complexity index is 523. The summed E-state index contributed by atoms with van der Waals surface area (Å²) in [5.74, 6) is 0.203. The zero-order valence-corrected chi connectivity index (χ0v) is 13.9. The Kier molecular flexibility index (Phi) is 7.70. The summed E-state index contributed by atoms with van der Waals surface area (Å²) in [4.78, 5) is 25.4. The fraction of sp³-hybridized carbons (Fsp3) is 0.467. The van der Waals surface area contributed by atoms with Gasteiger partial charge in [0.25, 0.3) is 0 Å². The Morgan fingerprint density at radius 2 is 1.91 bits per heavy atom. The highest BCUT2D eigenvalue weighted by atomic mass is 35.5. The number of hydrogen-bond acceptors (Lipinski definition) is 4. The number of nitrogens with zero attached hydrogens (tertiary/aromatic N) is 1. The minimum Gasteiger partial charge on any atom is -0.495 e. The first-order chi connectivity index (χ1) is 10.5. The van der Waals surface area contributed by atoms with Gasteiger partial charge in [-0.05, 0) is 31.7 Å². The molecule has 2 amide bonds. The van der Waals surface area contributed by atoms with Crippen LogP contribution in [-0.2, 0) is 9.59 Å². The lowest BCUT2D eigenvalue weighted by Crippen LogP contribution is -2.41. The lowest BCUT2D eigenvalue weighted by Gasteiger charge is -2.19. The van der Waals surface area contributed by atoms with Crippen LogP contribution in [0.1, 0.15) is 13.8 Å². The number of rotatable bonds is 8. The van der Waals surface area contributed by atoms with Gasteiger partial charge in [-0.2, -0.15) is 0 Å². The Balaban J connectivity index is 2.64. The van der Waals surface area contributed by atoms with E-state index in [1.807, 2.05) is 13.8 Å². The van der Waals surface area contributed by atoms with Crippen LogP contribution in [0.4, 0.5) is 5.69 Å². The minimum absolute atomic E-state index is 0.0995. The molecule has 0 atom stereocenters. The molecule has 0 aliphatic heterocycles. The van der Waals surface area contributed by atoms with Crippen molar-refractivity contribution in [1.29, 1.82) is 0 Å². The zero-order valence-electron chi connectivity index (χ0n) is 13.1. The fourth-order valence-electron chi connectivity index (χ4n) is 1.91. The molecule has 0 aliphatic rings. The van der Waals surface area contributed by atoms with Gasteiger partial charge in [0.2, 0.25) is 11.8 Å². The minimum atomic E-state index is -0.230. The molecule has 0 saturated heterocycles. The number of anilines is 1. The summed E-state index contributed by atoms with van der Waals surface area (Å²) in [6.45, 7) is 5.21. The largest absolute Gasteiger partial charge is 0.495 e. The van der Waals surface area contributed by atoms with Crippen LogP contribution in [0.5, 0.6) is 5.75 Å². The van der Waals surface area contributed by atoms with Crippen molar-refractivity contribution in [3.63, 3.8) is 0 Å². The fourth-order valence-corrected chi connectivity index (χ4v) is 2.08. The second-order valence-corrected chi connectivity index (χ2v) is 5.09. The smallest absolute Gasteiger partial charge is 0.238 e. The first kappa shape index (κ1) is 18.3. The third-order valence-corrected chi connectivity index (χ3v) is 3.23. The van der Waals surface area contributed by atoms with Crippen molar-refractivity contribution in [2.24, 2.45) is 0 Å². The van der Waals surface area contributed by atoms with Crippen molar-refractivity contribution in [1.82, 2.24) is 10.2 Å². The van der Waals surface area contributed by atoms with Crippen LogP contribution in [0.25, 0.3) is 0 Å². The number of nitrogens with one attached hydrogen (secondary N) is 2. The van der Waals surface area contributed by atoms with Crippen molar-refractivity contribution in [2.45, 2.75) is 13.8 Å². The van der Waals surface area contributed by atoms with Crippen LogP contribution in [0, 0.1) is 0 Å². The van der Waals surface area contributed by atoms with Crippen LogP contribution in [-0.4, -0.2) is 50.0 Å². The lowest BCUT2D eigenvalue weighted by atomic mass is 10.3. The number of amides is 2. The second kappa shape index (κ2) is 9.27. The number of ether oxygens (including phenoxy) is 1. The Morgan fingerprint density at radius 1 is 1.23 bits per heavy atom. The highest BCUT2D eigenvalue weighted by Gasteiger charge is 2.14. The maximum Gasteiger partial charge on any atom is 0.238 e.